The van der Waals surface area contributed by atoms with E-state index in [9.17, 15) is 19.2 Å². The monoisotopic (exact) mass is 523 g/mol. The summed E-state index contributed by atoms with van der Waals surface area (Å²) < 4.78 is 10.8. The summed E-state index contributed by atoms with van der Waals surface area (Å²) in [7, 11) is 0. The molecule has 11 nitrogen and oxygen atoms in total. The summed E-state index contributed by atoms with van der Waals surface area (Å²) in [4.78, 5) is 55.5. The second kappa shape index (κ2) is 12.9. The number of hydrogen-bond acceptors (Lipinski definition) is 7. The maximum atomic E-state index is 13.1. The highest BCUT2D eigenvalue weighted by molar-refractivity contribution is 5.97. The summed E-state index contributed by atoms with van der Waals surface area (Å²) in [5.74, 6) is 0.395. The van der Waals surface area contributed by atoms with Crippen molar-refractivity contribution in [3.63, 3.8) is 0 Å². The fourth-order valence-corrected chi connectivity index (χ4v) is 4.42. The van der Waals surface area contributed by atoms with E-state index in [4.69, 9.17) is 9.47 Å². The van der Waals surface area contributed by atoms with Crippen molar-refractivity contribution in [2.75, 3.05) is 57.7 Å². The second-order valence-corrected chi connectivity index (χ2v) is 9.05. The highest BCUT2D eigenvalue weighted by Crippen LogP contribution is 2.23. The zero-order valence-electron chi connectivity index (χ0n) is 21.4. The smallest absolute Gasteiger partial charge is 0.409 e. The molecule has 0 aromatic heterocycles. The molecule has 0 bridgehead atoms. The number of anilines is 1. The number of carbonyl (C=O) groups excluding carboxylic acids is 4. The Morgan fingerprint density at radius 1 is 0.947 bits per heavy atom. The van der Waals surface area contributed by atoms with Gasteiger partial charge in [0.05, 0.1) is 19.6 Å². The lowest BCUT2D eigenvalue weighted by atomic mass is 10.1. The Morgan fingerprint density at radius 2 is 1.63 bits per heavy atom. The Labute approximate surface area is 221 Å². The molecule has 2 aliphatic rings. The summed E-state index contributed by atoms with van der Waals surface area (Å²) in [5, 5.41) is 5.54. The van der Waals surface area contributed by atoms with Crippen LogP contribution in [0.3, 0.4) is 0 Å². The fraction of sp³-hybridized carbons (Fsp3) is 0.407. The highest BCUT2D eigenvalue weighted by Gasteiger charge is 2.35. The van der Waals surface area contributed by atoms with Gasteiger partial charge in [0, 0.05) is 45.0 Å². The third-order valence-electron chi connectivity index (χ3n) is 6.40. The molecule has 1 atom stereocenters. The van der Waals surface area contributed by atoms with Gasteiger partial charge in [0.15, 0.2) is 0 Å². The summed E-state index contributed by atoms with van der Waals surface area (Å²) in [6, 6.07) is 15.4. The predicted octanol–water partition coefficient (Wildman–Crippen LogP) is 1.91. The van der Waals surface area contributed by atoms with Gasteiger partial charge in [0.25, 0.3) is 0 Å². The Balaban J connectivity index is 1.29. The van der Waals surface area contributed by atoms with Gasteiger partial charge in [-0.3, -0.25) is 19.3 Å². The maximum Gasteiger partial charge on any atom is 0.409 e. The Morgan fingerprint density at radius 3 is 2.32 bits per heavy atom. The summed E-state index contributed by atoms with van der Waals surface area (Å²) >= 11 is 0. The van der Waals surface area contributed by atoms with Crippen molar-refractivity contribution in [2.24, 2.45) is 0 Å². The number of piperazine rings is 2. The Bertz CT molecular complexity index is 1120. The van der Waals surface area contributed by atoms with Crippen LogP contribution in [0.2, 0.25) is 0 Å². The van der Waals surface area contributed by atoms with E-state index < -0.39 is 6.04 Å². The van der Waals surface area contributed by atoms with E-state index in [1.807, 2.05) is 35.2 Å². The van der Waals surface area contributed by atoms with E-state index in [0.29, 0.717) is 63.1 Å². The molecule has 2 fully saturated rings. The average Bonchev–Trinajstić information content (AvgIpc) is 2.92. The van der Waals surface area contributed by atoms with Crippen LogP contribution >= 0.6 is 0 Å². The van der Waals surface area contributed by atoms with E-state index in [-0.39, 0.29) is 36.8 Å². The molecule has 202 valence electrons. The minimum atomic E-state index is -0.891. The zero-order valence-corrected chi connectivity index (χ0v) is 21.4. The topological polar surface area (TPSA) is 121 Å². The fourth-order valence-electron chi connectivity index (χ4n) is 4.42. The van der Waals surface area contributed by atoms with Crippen LogP contribution < -0.4 is 15.4 Å². The van der Waals surface area contributed by atoms with E-state index in [0.717, 1.165) is 0 Å². The molecular weight excluding hydrogens is 490 g/mol. The standard InChI is InChI=1S/C27H33N5O6/c1-2-37-27(36)31-16-14-30(15-17-31)19-25(34)32-13-12-28-26(35)23(32)18-24(33)29-20-8-10-22(11-9-20)38-21-6-4-3-5-7-21/h3-11,23H,2,12-19H2,1H3,(H,28,35)(H,29,33)/t23-/m1/s1. The number of nitrogens with zero attached hydrogens (tertiary/aromatic N) is 3. The Kier molecular flexibility index (Phi) is 9.15. The molecule has 2 N–H and O–H groups in total. The lowest BCUT2D eigenvalue weighted by molar-refractivity contribution is -0.145. The predicted molar refractivity (Wildman–Crippen MR) is 140 cm³/mol. The van der Waals surface area contributed by atoms with Crippen LogP contribution in [0.25, 0.3) is 0 Å². The van der Waals surface area contributed by atoms with Crippen LogP contribution in [0.1, 0.15) is 13.3 Å². The molecule has 38 heavy (non-hydrogen) atoms. The minimum Gasteiger partial charge on any atom is -0.457 e. The van der Waals surface area contributed by atoms with Gasteiger partial charge in [0.1, 0.15) is 17.5 Å². The van der Waals surface area contributed by atoms with E-state index in [2.05, 4.69) is 10.6 Å². The van der Waals surface area contributed by atoms with Gasteiger partial charge in [-0.15, -0.1) is 0 Å². The van der Waals surface area contributed by atoms with Crippen molar-refractivity contribution in [1.29, 1.82) is 0 Å². The number of para-hydroxylation sites is 1. The molecule has 0 saturated carbocycles. The van der Waals surface area contributed by atoms with Gasteiger partial charge in [-0.1, -0.05) is 18.2 Å². The van der Waals surface area contributed by atoms with Crippen LogP contribution in [0.5, 0.6) is 11.5 Å². The Hall–Kier alpha value is -4.12. The highest BCUT2D eigenvalue weighted by atomic mass is 16.6. The minimum absolute atomic E-state index is 0.116. The van der Waals surface area contributed by atoms with Crippen LogP contribution in [-0.2, 0) is 19.1 Å². The summed E-state index contributed by atoms with van der Waals surface area (Å²) in [6.45, 7) is 4.85. The molecule has 11 heteroatoms. The number of hydrogen-bond donors (Lipinski definition) is 2. The van der Waals surface area contributed by atoms with Crippen LogP contribution in [0.4, 0.5) is 10.5 Å². The van der Waals surface area contributed by atoms with Gasteiger partial charge in [0.2, 0.25) is 17.7 Å². The number of amides is 4. The van der Waals surface area contributed by atoms with Crippen molar-refractivity contribution >= 4 is 29.5 Å². The van der Waals surface area contributed by atoms with Gasteiger partial charge < -0.3 is 29.9 Å². The molecule has 2 aliphatic heterocycles. The number of ether oxygens (including phenoxy) is 2. The van der Waals surface area contributed by atoms with Crippen LogP contribution in [0.15, 0.2) is 54.6 Å². The van der Waals surface area contributed by atoms with Gasteiger partial charge in [-0.25, -0.2) is 4.79 Å². The molecule has 2 aromatic rings. The first-order chi connectivity index (χ1) is 18.4. The van der Waals surface area contributed by atoms with Crippen molar-refractivity contribution in [3.8, 4) is 11.5 Å². The molecule has 0 radical (unpaired) electrons. The average molecular weight is 524 g/mol. The third kappa shape index (κ3) is 7.22. The zero-order chi connectivity index (χ0) is 26.9. The molecule has 2 heterocycles. The molecule has 2 aromatic carbocycles. The molecule has 0 unspecified atom stereocenters. The van der Waals surface area contributed by atoms with E-state index >= 15 is 0 Å². The first kappa shape index (κ1) is 26.9. The molecule has 2 saturated heterocycles. The summed E-state index contributed by atoms with van der Waals surface area (Å²) in [5.41, 5.74) is 0.559. The van der Waals surface area contributed by atoms with Crippen molar-refractivity contribution in [3.05, 3.63) is 54.6 Å². The molecule has 4 amide bonds. The van der Waals surface area contributed by atoms with Crippen molar-refractivity contribution < 1.29 is 28.7 Å². The number of nitrogens with one attached hydrogen (secondary N) is 2. The largest absolute Gasteiger partial charge is 0.457 e. The maximum absolute atomic E-state index is 13.1. The molecule has 0 spiro atoms. The molecule has 4 rings (SSSR count). The number of carbonyl (C=O) groups is 4. The second-order valence-electron chi connectivity index (χ2n) is 9.05. The van der Waals surface area contributed by atoms with Crippen LogP contribution in [0, 0.1) is 0 Å². The normalized spacial score (nSPS) is 17.9. The van der Waals surface area contributed by atoms with Crippen LogP contribution in [-0.4, -0.2) is 97.0 Å². The molecular formula is C27H33N5O6. The quantitative estimate of drug-likeness (QED) is 0.542. The number of rotatable bonds is 8. The van der Waals surface area contributed by atoms with Crippen molar-refractivity contribution in [1.82, 2.24) is 20.0 Å². The van der Waals surface area contributed by atoms with Gasteiger partial charge in [-0.05, 0) is 43.3 Å². The van der Waals surface area contributed by atoms with E-state index in [1.165, 1.54) is 4.90 Å². The van der Waals surface area contributed by atoms with Gasteiger partial charge >= 0.3 is 6.09 Å². The molecule has 0 aliphatic carbocycles. The van der Waals surface area contributed by atoms with Crippen molar-refractivity contribution in [2.45, 2.75) is 19.4 Å². The lowest BCUT2D eigenvalue weighted by Gasteiger charge is -2.38. The first-order valence-electron chi connectivity index (χ1n) is 12.8. The lowest BCUT2D eigenvalue weighted by Crippen LogP contribution is -2.60. The third-order valence-corrected chi connectivity index (χ3v) is 6.40. The number of benzene rings is 2. The van der Waals surface area contributed by atoms with E-state index in [1.54, 1.807) is 36.1 Å². The summed E-state index contributed by atoms with van der Waals surface area (Å²) in [6.07, 6.45) is -0.508. The van der Waals surface area contributed by atoms with Gasteiger partial charge in [-0.2, -0.15) is 0 Å². The first-order valence-corrected chi connectivity index (χ1v) is 12.8. The SMILES string of the molecule is CCOC(=O)N1CCN(CC(=O)N2CCNC(=O)[C@H]2CC(=O)Nc2ccc(Oc3ccccc3)cc2)CC1.